The first-order valence-electron chi connectivity index (χ1n) is 9.54. The molecule has 0 saturated heterocycles. The van der Waals surface area contributed by atoms with Crippen molar-refractivity contribution in [1.29, 1.82) is 0 Å². The third-order valence-corrected chi connectivity index (χ3v) is 3.96. The zero-order valence-electron chi connectivity index (χ0n) is 18.2. The third-order valence-electron chi connectivity index (χ3n) is 3.96. The Bertz CT molecular complexity index is 1100. The summed E-state index contributed by atoms with van der Waals surface area (Å²) in [5.41, 5.74) is -0.103. The smallest absolute Gasteiger partial charge is 0.343 e. The molecule has 1 unspecified atom stereocenters. The van der Waals surface area contributed by atoms with Gasteiger partial charge in [-0.1, -0.05) is 6.07 Å². The van der Waals surface area contributed by atoms with E-state index in [1.54, 1.807) is 0 Å². The van der Waals surface area contributed by atoms with Crippen LogP contribution in [0.3, 0.4) is 0 Å². The Kier molecular flexibility index (Phi) is 9.27. The number of benzene rings is 2. The van der Waals surface area contributed by atoms with Crippen molar-refractivity contribution < 1.29 is 53.2 Å². The van der Waals surface area contributed by atoms with Crippen molar-refractivity contribution in [3.8, 4) is 17.2 Å². The molecule has 35 heavy (non-hydrogen) atoms. The molecule has 0 aliphatic rings. The van der Waals surface area contributed by atoms with Crippen LogP contribution in [-0.4, -0.2) is 54.5 Å². The molecule has 0 aromatic heterocycles. The van der Waals surface area contributed by atoms with Crippen LogP contribution in [0, 0.1) is 20.2 Å². The van der Waals surface area contributed by atoms with Crippen molar-refractivity contribution in [1.82, 2.24) is 0 Å². The zero-order chi connectivity index (χ0) is 26.0. The Labute approximate surface area is 196 Å². The summed E-state index contributed by atoms with van der Waals surface area (Å²) in [6.07, 6.45) is -1.39. The van der Waals surface area contributed by atoms with E-state index in [2.05, 4.69) is 14.4 Å². The zero-order valence-corrected chi connectivity index (χ0v) is 18.2. The average molecular weight is 494 g/mol. The number of ether oxygens (including phenoxy) is 4. The molecule has 0 aliphatic carbocycles. The van der Waals surface area contributed by atoms with Crippen molar-refractivity contribution >= 4 is 17.9 Å². The van der Waals surface area contributed by atoms with Crippen LogP contribution in [0.5, 0.6) is 17.2 Å². The van der Waals surface area contributed by atoms with E-state index >= 15 is 0 Å². The van der Waals surface area contributed by atoms with Gasteiger partial charge in [-0.25, -0.2) is 9.59 Å². The van der Waals surface area contributed by atoms with E-state index in [9.17, 15) is 34.6 Å². The summed E-state index contributed by atoms with van der Waals surface area (Å²) in [6.45, 7) is -0.110. The van der Waals surface area contributed by atoms with Crippen LogP contribution in [0.25, 0.3) is 0 Å². The Balaban J connectivity index is 2.11. The number of carbonyl (C=O) groups excluding carboxylic acids is 3. The molecule has 2 rings (SSSR count). The SMILES string of the molecule is COC(=O)c1cccc(OC(=O)c2ccc(OCC(CO[N+](=O)[O-])O[N+](=O)[O-])cc2)c1OC(C)=O. The Hall–Kier alpha value is -4.95. The fourth-order valence-electron chi connectivity index (χ4n) is 2.53. The molecular weight excluding hydrogens is 476 g/mol. The number of esters is 3. The van der Waals surface area contributed by atoms with Gasteiger partial charge in [-0.2, -0.15) is 0 Å². The van der Waals surface area contributed by atoms with Gasteiger partial charge in [0.1, 0.15) is 24.5 Å². The normalized spacial score (nSPS) is 10.9. The molecule has 15 heteroatoms. The molecular formula is C20H18N2O13. The number of hydrogen-bond acceptors (Lipinski definition) is 13. The fourth-order valence-corrected chi connectivity index (χ4v) is 2.53. The molecule has 0 N–H and O–H groups in total. The van der Waals surface area contributed by atoms with Gasteiger partial charge >= 0.3 is 17.9 Å². The maximum atomic E-state index is 12.6. The van der Waals surface area contributed by atoms with Crippen LogP contribution < -0.4 is 14.2 Å². The van der Waals surface area contributed by atoms with Gasteiger partial charge in [-0.3, -0.25) is 4.79 Å². The lowest BCUT2D eigenvalue weighted by Gasteiger charge is -2.15. The summed E-state index contributed by atoms with van der Waals surface area (Å²) in [4.78, 5) is 65.0. The lowest BCUT2D eigenvalue weighted by molar-refractivity contribution is -0.790. The molecule has 186 valence electrons. The predicted octanol–water partition coefficient (Wildman–Crippen LogP) is 1.78. The first kappa shape index (κ1) is 26.3. The van der Waals surface area contributed by atoms with Crippen molar-refractivity contribution in [2.45, 2.75) is 13.0 Å². The van der Waals surface area contributed by atoms with Crippen molar-refractivity contribution in [3.05, 3.63) is 73.8 Å². The lowest BCUT2D eigenvalue weighted by Crippen LogP contribution is -2.30. The van der Waals surface area contributed by atoms with Gasteiger partial charge in [0.15, 0.2) is 17.6 Å². The molecule has 0 spiro atoms. The first-order valence-corrected chi connectivity index (χ1v) is 9.54. The number of rotatable bonds is 12. The van der Waals surface area contributed by atoms with E-state index in [-0.39, 0.29) is 28.4 Å². The van der Waals surface area contributed by atoms with Crippen molar-refractivity contribution in [3.63, 3.8) is 0 Å². The highest BCUT2D eigenvalue weighted by molar-refractivity contribution is 5.96. The van der Waals surface area contributed by atoms with Gasteiger partial charge in [0, 0.05) is 6.92 Å². The maximum absolute atomic E-state index is 12.6. The van der Waals surface area contributed by atoms with Crippen LogP contribution >= 0.6 is 0 Å². The Morgan fingerprint density at radius 1 is 0.914 bits per heavy atom. The quantitative estimate of drug-likeness (QED) is 0.179. The van der Waals surface area contributed by atoms with E-state index in [4.69, 9.17) is 14.2 Å². The molecule has 0 fully saturated rings. The summed E-state index contributed by atoms with van der Waals surface area (Å²) < 4.78 is 20.2. The van der Waals surface area contributed by atoms with E-state index in [0.29, 0.717) is 0 Å². The third kappa shape index (κ3) is 8.16. The summed E-state index contributed by atoms with van der Waals surface area (Å²) in [6, 6.07) is 9.26. The second-order valence-corrected chi connectivity index (χ2v) is 6.41. The number of para-hydroxylation sites is 1. The highest BCUT2D eigenvalue weighted by Crippen LogP contribution is 2.33. The van der Waals surface area contributed by atoms with Gasteiger partial charge in [0.2, 0.25) is 0 Å². The van der Waals surface area contributed by atoms with E-state index in [1.165, 1.54) is 42.5 Å². The van der Waals surface area contributed by atoms with Gasteiger partial charge in [0.05, 0.1) is 12.7 Å². The van der Waals surface area contributed by atoms with Crippen LogP contribution in [0.1, 0.15) is 27.6 Å². The summed E-state index contributed by atoms with van der Waals surface area (Å²) in [5.74, 6) is -2.81. The minimum Gasteiger partial charge on any atom is -0.491 e. The molecule has 0 bridgehead atoms. The number of nitrogens with zero attached hydrogens (tertiary/aromatic N) is 2. The minimum absolute atomic E-state index is 0.0318. The van der Waals surface area contributed by atoms with Gasteiger partial charge in [-0.05, 0) is 36.4 Å². The van der Waals surface area contributed by atoms with Gasteiger partial charge in [-0.15, -0.1) is 20.2 Å². The second-order valence-electron chi connectivity index (χ2n) is 6.41. The summed E-state index contributed by atoms with van der Waals surface area (Å²) >= 11 is 0. The highest BCUT2D eigenvalue weighted by atomic mass is 17.0. The molecule has 2 aromatic carbocycles. The molecule has 0 aliphatic heterocycles. The average Bonchev–Trinajstić information content (AvgIpc) is 2.81. The predicted molar refractivity (Wildman–Crippen MR) is 111 cm³/mol. The van der Waals surface area contributed by atoms with Crippen LogP contribution in [0.2, 0.25) is 0 Å². The number of hydrogen-bond donors (Lipinski definition) is 0. The maximum Gasteiger partial charge on any atom is 0.343 e. The van der Waals surface area contributed by atoms with Crippen LogP contribution in [0.15, 0.2) is 42.5 Å². The van der Waals surface area contributed by atoms with Crippen molar-refractivity contribution in [2.24, 2.45) is 0 Å². The molecule has 1 atom stereocenters. The topological polar surface area (TPSA) is 193 Å². The summed E-state index contributed by atoms with van der Waals surface area (Å²) in [7, 11) is 1.13. The minimum atomic E-state index is -1.39. The van der Waals surface area contributed by atoms with Crippen LogP contribution in [-0.2, 0) is 19.2 Å². The van der Waals surface area contributed by atoms with E-state index < -0.39 is 47.4 Å². The summed E-state index contributed by atoms with van der Waals surface area (Å²) in [5, 5.41) is 18.5. The number of methoxy groups -OCH3 is 1. The largest absolute Gasteiger partial charge is 0.491 e. The Morgan fingerprint density at radius 3 is 2.17 bits per heavy atom. The Morgan fingerprint density at radius 2 is 1.60 bits per heavy atom. The van der Waals surface area contributed by atoms with Crippen LogP contribution in [0.4, 0.5) is 0 Å². The molecule has 2 aromatic rings. The molecule has 0 heterocycles. The monoisotopic (exact) mass is 494 g/mol. The molecule has 0 saturated carbocycles. The van der Waals surface area contributed by atoms with E-state index in [0.717, 1.165) is 14.0 Å². The van der Waals surface area contributed by atoms with Crippen molar-refractivity contribution in [2.75, 3.05) is 20.3 Å². The molecule has 15 nitrogen and oxygen atoms in total. The lowest BCUT2D eigenvalue weighted by atomic mass is 10.2. The fraction of sp³-hybridized carbons (Fsp3) is 0.250. The molecule has 0 radical (unpaired) electrons. The highest BCUT2D eigenvalue weighted by Gasteiger charge is 2.22. The first-order chi connectivity index (χ1) is 16.6. The second kappa shape index (κ2) is 12.3. The standard InChI is InChI=1S/C20H18N2O13/c1-12(23)33-18-16(20(25)30-2)4-3-5-17(18)34-19(24)13-6-8-14(9-7-13)31-10-15(35-22(28)29)11-32-21(26)27/h3-9,15H,10-11H2,1-2H3. The van der Waals surface area contributed by atoms with Gasteiger partial charge in [0.25, 0.3) is 10.2 Å². The van der Waals surface area contributed by atoms with Gasteiger partial charge < -0.3 is 28.6 Å². The van der Waals surface area contributed by atoms with E-state index in [1.807, 2.05) is 0 Å². The number of carbonyl (C=O) groups is 3. The molecule has 0 amide bonds.